The Morgan fingerprint density at radius 2 is 1.90 bits per heavy atom. The van der Waals surface area contributed by atoms with E-state index in [-0.39, 0.29) is 11.5 Å². The number of fused-ring (bicyclic) bond motifs is 2. The van der Waals surface area contributed by atoms with E-state index in [1.54, 1.807) is 24.3 Å². The molecule has 5 rings (SSSR count). The number of halogens is 2. The first kappa shape index (κ1) is 19.9. The van der Waals surface area contributed by atoms with E-state index in [0.717, 1.165) is 23.4 Å². The molecule has 3 aliphatic rings. The zero-order valence-electron chi connectivity index (χ0n) is 16.8. The summed E-state index contributed by atoms with van der Waals surface area (Å²) in [6.07, 6.45) is 8.01. The van der Waals surface area contributed by atoms with Crippen LogP contribution in [-0.2, 0) is 6.54 Å². The molecule has 0 radical (unpaired) electrons. The van der Waals surface area contributed by atoms with Crippen LogP contribution >= 0.6 is 23.2 Å². The van der Waals surface area contributed by atoms with Gasteiger partial charge in [0.2, 0.25) is 5.78 Å². The molecule has 0 amide bonds. The second kappa shape index (κ2) is 7.92. The summed E-state index contributed by atoms with van der Waals surface area (Å²) in [5.74, 6) is 1.57. The van der Waals surface area contributed by atoms with Crippen molar-refractivity contribution in [2.75, 3.05) is 6.73 Å². The van der Waals surface area contributed by atoms with Crippen LogP contribution in [0.25, 0.3) is 6.08 Å². The lowest BCUT2D eigenvalue weighted by Crippen LogP contribution is -2.41. The molecule has 156 valence electrons. The number of ether oxygens (including phenoxy) is 2. The molecule has 0 unspecified atom stereocenters. The lowest BCUT2D eigenvalue weighted by Gasteiger charge is -2.37. The standard InChI is InChI=1S/C24H23Cl2NO3/c1-14-23-16(12-27(13-29-23)18-5-3-2-4-6-18)9-19-22(28)21(30-24(14)19)10-15-7-8-17(25)11-20(15)26/h7-11,18H,2-6,12-13H2,1H3/b21-10-. The second-order valence-electron chi connectivity index (χ2n) is 8.28. The van der Waals surface area contributed by atoms with Gasteiger partial charge < -0.3 is 9.47 Å². The Bertz CT molecular complexity index is 1060. The molecule has 30 heavy (non-hydrogen) atoms. The van der Waals surface area contributed by atoms with Gasteiger partial charge in [0.05, 0.1) is 5.56 Å². The molecule has 1 saturated carbocycles. The number of allylic oxidation sites excluding steroid dienone is 1. The van der Waals surface area contributed by atoms with Gasteiger partial charge in [-0.05, 0) is 49.6 Å². The molecule has 1 aliphatic carbocycles. The van der Waals surface area contributed by atoms with Crippen LogP contribution in [0.3, 0.4) is 0 Å². The Morgan fingerprint density at radius 1 is 1.10 bits per heavy atom. The van der Waals surface area contributed by atoms with Gasteiger partial charge in [-0.2, -0.15) is 0 Å². The van der Waals surface area contributed by atoms with Crippen LogP contribution in [0.4, 0.5) is 0 Å². The fourth-order valence-electron chi connectivity index (χ4n) is 4.71. The number of carbonyl (C=O) groups is 1. The van der Waals surface area contributed by atoms with Gasteiger partial charge in [-0.15, -0.1) is 0 Å². The van der Waals surface area contributed by atoms with Gasteiger partial charge in [-0.3, -0.25) is 9.69 Å². The van der Waals surface area contributed by atoms with Gasteiger partial charge in [0.25, 0.3) is 0 Å². The quantitative estimate of drug-likeness (QED) is 0.503. The SMILES string of the molecule is Cc1c2c(cc3c1O/C(=C\c1ccc(Cl)cc1Cl)C3=O)CN(C1CCCCC1)CO2. The topological polar surface area (TPSA) is 38.8 Å². The molecule has 2 aliphatic heterocycles. The zero-order valence-corrected chi connectivity index (χ0v) is 18.4. The summed E-state index contributed by atoms with van der Waals surface area (Å²) in [7, 11) is 0. The molecule has 6 heteroatoms. The van der Waals surface area contributed by atoms with Gasteiger partial charge in [-0.1, -0.05) is 48.5 Å². The molecular formula is C24H23Cl2NO3. The lowest BCUT2D eigenvalue weighted by molar-refractivity contribution is 0.0397. The van der Waals surface area contributed by atoms with Crippen LogP contribution in [-0.4, -0.2) is 23.5 Å². The fraction of sp³-hybridized carbons (Fsp3) is 0.375. The molecule has 0 aromatic heterocycles. The summed E-state index contributed by atoms with van der Waals surface area (Å²) in [6.45, 7) is 3.36. The second-order valence-corrected chi connectivity index (χ2v) is 9.13. The van der Waals surface area contributed by atoms with Crippen molar-refractivity contribution in [1.29, 1.82) is 0 Å². The molecule has 0 atom stereocenters. The van der Waals surface area contributed by atoms with E-state index in [1.165, 1.54) is 32.1 Å². The maximum Gasteiger partial charge on any atom is 0.231 e. The van der Waals surface area contributed by atoms with Gasteiger partial charge in [0, 0.05) is 33.8 Å². The smallest absolute Gasteiger partial charge is 0.231 e. The monoisotopic (exact) mass is 443 g/mol. The predicted molar refractivity (Wildman–Crippen MR) is 118 cm³/mol. The average Bonchev–Trinajstić information content (AvgIpc) is 3.06. The molecule has 0 N–H and O–H groups in total. The molecule has 2 aromatic carbocycles. The summed E-state index contributed by atoms with van der Waals surface area (Å²) in [6, 6.07) is 7.68. The summed E-state index contributed by atoms with van der Waals surface area (Å²) in [5, 5.41) is 1.03. The summed E-state index contributed by atoms with van der Waals surface area (Å²) < 4.78 is 12.1. The minimum Gasteiger partial charge on any atom is -0.477 e. The Morgan fingerprint density at radius 3 is 2.67 bits per heavy atom. The van der Waals surface area contributed by atoms with Crippen LogP contribution < -0.4 is 9.47 Å². The van der Waals surface area contributed by atoms with Crippen molar-refractivity contribution in [2.45, 2.75) is 51.6 Å². The van der Waals surface area contributed by atoms with Crippen molar-refractivity contribution in [2.24, 2.45) is 0 Å². The maximum absolute atomic E-state index is 13.1. The average molecular weight is 444 g/mol. The Kier molecular flexibility index (Phi) is 5.26. The molecule has 2 heterocycles. The summed E-state index contributed by atoms with van der Waals surface area (Å²) in [5.41, 5.74) is 3.23. The third-order valence-corrected chi connectivity index (χ3v) is 6.87. The van der Waals surface area contributed by atoms with Crippen LogP contribution in [0.15, 0.2) is 30.0 Å². The highest BCUT2D eigenvalue weighted by Gasteiger charge is 2.35. The number of rotatable bonds is 2. The molecule has 0 spiro atoms. The molecule has 1 fully saturated rings. The van der Waals surface area contributed by atoms with E-state index in [0.29, 0.717) is 39.7 Å². The van der Waals surface area contributed by atoms with Crippen LogP contribution in [0, 0.1) is 6.92 Å². The van der Waals surface area contributed by atoms with Crippen molar-refractivity contribution in [3.63, 3.8) is 0 Å². The summed E-state index contributed by atoms with van der Waals surface area (Å²) >= 11 is 12.2. The van der Waals surface area contributed by atoms with Crippen LogP contribution in [0.2, 0.25) is 10.0 Å². The Hall–Kier alpha value is -2.01. The molecule has 0 saturated heterocycles. The number of nitrogens with zero attached hydrogens (tertiary/aromatic N) is 1. The maximum atomic E-state index is 13.1. The molecule has 2 aromatic rings. The van der Waals surface area contributed by atoms with Crippen molar-refractivity contribution in [1.82, 2.24) is 4.90 Å². The van der Waals surface area contributed by atoms with Crippen molar-refractivity contribution < 1.29 is 14.3 Å². The van der Waals surface area contributed by atoms with Crippen molar-refractivity contribution in [3.8, 4) is 11.5 Å². The first-order valence-corrected chi connectivity index (χ1v) is 11.2. The predicted octanol–water partition coefficient (Wildman–Crippen LogP) is 6.40. The number of benzene rings is 2. The minimum absolute atomic E-state index is 0.128. The fourth-order valence-corrected chi connectivity index (χ4v) is 5.17. The first-order chi connectivity index (χ1) is 14.5. The van der Waals surface area contributed by atoms with Gasteiger partial charge in [0.15, 0.2) is 5.76 Å². The third kappa shape index (κ3) is 3.51. The minimum atomic E-state index is -0.128. The number of hydrogen-bond donors (Lipinski definition) is 0. The van der Waals surface area contributed by atoms with E-state index >= 15 is 0 Å². The molecular weight excluding hydrogens is 421 g/mol. The number of Topliss-reactive ketones (excluding diaryl/α,β-unsaturated/α-hetero) is 1. The molecule has 0 bridgehead atoms. The van der Waals surface area contributed by atoms with Gasteiger partial charge in [-0.25, -0.2) is 0 Å². The largest absolute Gasteiger partial charge is 0.477 e. The van der Waals surface area contributed by atoms with E-state index in [9.17, 15) is 4.79 Å². The summed E-state index contributed by atoms with van der Waals surface area (Å²) in [4.78, 5) is 15.5. The number of hydrogen-bond acceptors (Lipinski definition) is 4. The normalized spacial score (nSPS) is 20.6. The van der Waals surface area contributed by atoms with E-state index in [2.05, 4.69) is 4.90 Å². The third-order valence-electron chi connectivity index (χ3n) is 6.30. The van der Waals surface area contributed by atoms with Gasteiger partial charge in [0.1, 0.15) is 18.2 Å². The van der Waals surface area contributed by atoms with E-state index in [1.807, 2.05) is 13.0 Å². The zero-order chi connectivity index (χ0) is 20.8. The molecule has 4 nitrogen and oxygen atoms in total. The van der Waals surface area contributed by atoms with Gasteiger partial charge >= 0.3 is 0 Å². The number of ketones is 1. The van der Waals surface area contributed by atoms with Crippen molar-refractivity contribution >= 4 is 35.1 Å². The van der Waals surface area contributed by atoms with E-state index in [4.69, 9.17) is 32.7 Å². The Labute approximate surface area is 186 Å². The Balaban J connectivity index is 1.45. The van der Waals surface area contributed by atoms with Crippen LogP contribution in [0.1, 0.15) is 59.2 Å². The highest BCUT2D eigenvalue weighted by molar-refractivity contribution is 6.35. The highest BCUT2D eigenvalue weighted by atomic mass is 35.5. The highest BCUT2D eigenvalue weighted by Crippen LogP contribution is 2.44. The number of carbonyl (C=O) groups excluding carboxylic acids is 1. The van der Waals surface area contributed by atoms with Crippen LogP contribution in [0.5, 0.6) is 11.5 Å². The van der Waals surface area contributed by atoms with Crippen molar-refractivity contribution in [3.05, 3.63) is 62.3 Å². The first-order valence-electron chi connectivity index (χ1n) is 10.4. The lowest BCUT2D eigenvalue weighted by atomic mass is 9.93. The van der Waals surface area contributed by atoms with E-state index < -0.39 is 0 Å².